The molecule has 0 aliphatic carbocycles. The van der Waals surface area contributed by atoms with Gasteiger partial charge in [0, 0.05) is 43.0 Å². The predicted octanol–water partition coefficient (Wildman–Crippen LogP) is 4.01. The largest absolute Gasteiger partial charge is 0.338 e. The third-order valence-electron chi connectivity index (χ3n) is 5.65. The summed E-state index contributed by atoms with van der Waals surface area (Å²) < 4.78 is 5.40. The zero-order valence-corrected chi connectivity index (χ0v) is 19.2. The molecule has 5 rings (SSSR count). The van der Waals surface area contributed by atoms with Gasteiger partial charge in [-0.25, -0.2) is 0 Å². The van der Waals surface area contributed by atoms with Crippen molar-refractivity contribution in [3.63, 3.8) is 0 Å². The molecule has 1 N–H and O–H groups in total. The first-order valence-electron chi connectivity index (χ1n) is 11.0. The molecule has 34 heavy (non-hydrogen) atoms. The second kappa shape index (κ2) is 9.98. The van der Waals surface area contributed by atoms with E-state index in [2.05, 4.69) is 20.4 Å². The number of carbonyl (C=O) groups is 2. The summed E-state index contributed by atoms with van der Waals surface area (Å²) in [5, 5.41) is 8.89. The Hall–Kier alpha value is -3.82. The number of aromatic nitrogens is 2. The predicted molar refractivity (Wildman–Crippen MR) is 130 cm³/mol. The molecule has 0 atom stereocenters. The van der Waals surface area contributed by atoms with Crippen molar-refractivity contribution in [1.29, 1.82) is 0 Å². The summed E-state index contributed by atoms with van der Waals surface area (Å²) in [4.78, 5) is 34.7. The number of piperazine rings is 1. The normalized spacial score (nSPS) is 14.2. The number of nitrogens with one attached hydrogen (secondary N) is 1. The highest BCUT2D eigenvalue weighted by molar-refractivity contribution is 7.13. The van der Waals surface area contributed by atoms with Crippen LogP contribution in [0.3, 0.4) is 0 Å². The van der Waals surface area contributed by atoms with Crippen LogP contribution in [0.25, 0.3) is 10.7 Å². The van der Waals surface area contributed by atoms with E-state index >= 15 is 0 Å². The standard InChI is InChI=1S/C25H23N5O3S/c31-24(18-5-2-1-3-6-18)26-20-10-8-19(9-11-20)25(32)30-14-12-29(13-15-30)17-22-27-23(28-33-22)21-7-4-16-34-21/h1-11,16H,12-15,17H2,(H,26,31). The second-order valence-electron chi connectivity index (χ2n) is 7.95. The number of thiophene rings is 1. The Morgan fingerprint density at radius 3 is 2.38 bits per heavy atom. The van der Waals surface area contributed by atoms with Crippen molar-refractivity contribution in [3.05, 3.63) is 89.1 Å². The highest BCUT2D eigenvalue weighted by Gasteiger charge is 2.23. The second-order valence-corrected chi connectivity index (χ2v) is 8.90. The first kappa shape index (κ1) is 22.0. The lowest BCUT2D eigenvalue weighted by Gasteiger charge is -2.34. The summed E-state index contributed by atoms with van der Waals surface area (Å²) in [6.07, 6.45) is 0. The minimum Gasteiger partial charge on any atom is -0.338 e. The monoisotopic (exact) mass is 473 g/mol. The molecular weight excluding hydrogens is 450 g/mol. The van der Waals surface area contributed by atoms with Crippen molar-refractivity contribution in [2.45, 2.75) is 6.54 Å². The molecule has 1 aliphatic heterocycles. The number of carbonyl (C=O) groups excluding carboxylic acids is 2. The van der Waals surface area contributed by atoms with Crippen LogP contribution in [-0.2, 0) is 6.54 Å². The van der Waals surface area contributed by atoms with Gasteiger partial charge in [0.15, 0.2) is 0 Å². The highest BCUT2D eigenvalue weighted by Crippen LogP contribution is 2.22. The summed E-state index contributed by atoms with van der Waals surface area (Å²) in [6, 6.07) is 20.0. The first-order chi connectivity index (χ1) is 16.7. The van der Waals surface area contributed by atoms with E-state index in [9.17, 15) is 9.59 Å². The minimum atomic E-state index is -0.181. The smallest absolute Gasteiger partial charge is 0.255 e. The van der Waals surface area contributed by atoms with Crippen LogP contribution in [0.4, 0.5) is 5.69 Å². The average Bonchev–Trinajstić information content (AvgIpc) is 3.58. The Bertz CT molecular complexity index is 1250. The van der Waals surface area contributed by atoms with Crippen LogP contribution in [0.15, 0.2) is 76.6 Å². The highest BCUT2D eigenvalue weighted by atomic mass is 32.1. The van der Waals surface area contributed by atoms with Crippen LogP contribution >= 0.6 is 11.3 Å². The Morgan fingerprint density at radius 1 is 0.912 bits per heavy atom. The van der Waals surface area contributed by atoms with E-state index in [0.29, 0.717) is 48.2 Å². The molecule has 4 aromatic rings. The molecule has 9 heteroatoms. The molecule has 172 valence electrons. The van der Waals surface area contributed by atoms with Gasteiger partial charge in [-0.15, -0.1) is 11.3 Å². The van der Waals surface area contributed by atoms with E-state index in [1.807, 2.05) is 40.6 Å². The van der Waals surface area contributed by atoms with E-state index in [0.717, 1.165) is 18.0 Å². The molecule has 1 fully saturated rings. The maximum absolute atomic E-state index is 12.9. The molecule has 3 heterocycles. The van der Waals surface area contributed by atoms with Gasteiger partial charge in [-0.3, -0.25) is 14.5 Å². The fourth-order valence-corrected chi connectivity index (χ4v) is 4.45. The van der Waals surface area contributed by atoms with Crippen LogP contribution in [0.2, 0.25) is 0 Å². The number of anilines is 1. The van der Waals surface area contributed by atoms with E-state index in [4.69, 9.17) is 4.52 Å². The number of nitrogens with zero attached hydrogens (tertiary/aromatic N) is 4. The first-order valence-corrected chi connectivity index (χ1v) is 11.9. The minimum absolute atomic E-state index is 0.0154. The number of hydrogen-bond donors (Lipinski definition) is 1. The summed E-state index contributed by atoms with van der Waals surface area (Å²) in [5.41, 5.74) is 1.84. The fourth-order valence-electron chi connectivity index (χ4n) is 3.80. The SMILES string of the molecule is O=C(Nc1ccc(C(=O)N2CCN(Cc3nc(-c4cccs4)no3)CC2)cc1)c1ccccc1. The van der Waals surface area contributed by atoms with Crippen LogP contribution < -0.4 is 5.32 Å². The zero-order valence-electron chi connectivity index (χ0n) is 18.4. The topological polar surface area (TPSA) is 91.6 Å². The van der Waals surface area contributed by atoms with Crippen molar-refractivity contribution in [3.8, 4) is 10.7 Å². The lowest BCUT2D eigenvalue weighted by molar-refractivity contribution is 0.0615. The van der Waals surface area contributed by atoms with Crippen molar-refractivity contribution < 1.29 is 14.1 Å². The molecule has 0 saturated carbocycles. The maximum atomic E-state index is 12.9. The summed E-state index contributed by atoms with van der Waals surface area (Å²) >= 11 is 1.58. The van der Waals surface area contributed by atoms with Crippen molar-refractivity contribution in [2.75, 3.05) is 31.5 Å². The maximum Gasteiger partial charge on any atom is 0.255 e. The molecule has 0 unspecified atom stereocenters. The molecule has 1 saturated heterocycles. The number of hydrogen-bond acceptors (Lipinski definition) is 7. The quantitative estimate of drug-likeness (QED) is 0.455. The fraction of sp³-hybridized carbons (Fsp3) is 0.200. The molecule has 0 radical (unpaired) electrons. The van der Waals surface area contributed by atoms with E-state index < -0.39 is 0 Å². The number of rotatable bonds is 6. The number of benzene rings is 2. The van der Waals surface area contributed by atoms with Gasteiger partial charge in [0.1, 0.15) is 0 Å². The summed E-state index contributed by atoms with van der Waals surface area (Å²) in [6.45, 7) is 3.27. The molecule has 2 aromatic carbocycles. The molecule has 0 spiro atoms. The van der Waals surface area contributed by atoms with Gasteiger partial charge < -0.3 is 14.7 Å². The van der Waals surface area contributed by atoms with Crippen molar-refractivity contribution in [1.82, 2.24) is 19.9 Å². The van der Waals surface area contributed by atoms with Crippen molar-refractivity contribution in [2.24, 2.45) is 0 Å². The third kappa shape index (κ3) is 5.05. The van der Waals surface area contributed by atoms with E-state index in [-0.39, 0.29) is 11.8 Å². The third-order valence-corrected chi connectivity index (χ3v) is 6.52. The van der Waals surface area contributed by atoms with Gasteiger partial charge in [0.2, 0.25) is 11.7 Å². The lowest BCUT2D eigenvalue weighted by Crippen LogP contribution is -2.48. The van der Waals surface area contributed by atoms with Gasteiger partial charge in [0.25, 0.3) is 11.8 Å². The molecule has 8 nitrogen and oxygen atoms in total. The molecular formula is C25H23N5O3S. The van der Waals surface area contributed by atoms with Gasteiger partial charge in [-0.2, -0.15) is 4.98 Å². The molecule has 2 amide bonds. The lowest BCUT2D eigenvalue weighted by atomic mass is 10.1. The van der Waals surface area contributed by atoms with Crippen LogP contribution in [0.1, 0.15) is 26.6 Å². The molecule has 2 aromatic heterocycles. The Kier molecular flexibility index (Phi) is 6.46. The van der Waals surface area contributed by atoms with Gasteiger partial charge in [-0.1, -0.05) is 29.4 Å². The summed E-state index contributed by atoms with van der Waals surface area (Å²) in [5.74, 6) is 0.997. The zero-order chi connectivity index (χ0) is 23.3. The van der Waals surface area contributed by atoms with E-state index in [1.165, 1.54) is 0 Å². The van der Waals surface area contributed by atoms with Gasteiger partial charge in [0.05, 0.1) is 11.4 Å². The average molecular weight is 474 g/mol. The Morgan fingerprint density at radius 2 is 1.68 bits per heavy atom. The molecule has 1 aliphatic rings. The van der Waals surface area contributed by atoms with Gasteiger partial charge in [-0.05, 0) is 47.8 Å². The van der Waals surface area contributed by atoms with Crippen LogP contribution in [-0.4, -0.2) is 57.9 Å². The molecule has 0 bridgehead atoms. The number of amides is 2. The Labute approximate surface area is 200 Å². The Balaban J connectivity index is 1.12. The summed E-state index contributed by atoms with van der Waals surface area (Å²) in [7, 11) is 0. The van der Waals surface area contributed by atoms with Gasteiger partial charge >= 0.3 is 0 Å². The van der Waals surface area contributed by atoms with E-state index in [1.54, 1.807) is 47.7 Å². The van der Waals surface area contributed by atoms with Crippen LogP contribution in [0, 0.1) is 0 Å². The van der Waals surface area contributed by atoms with Crippen LogP contribution in [0.5, 0.6) is 0 Å². The van der Waals surface area contributed by atoms with Crippen molar-refractivity contribution >= 4 is 28.8 Å².